The largest absolute Gasteiger partial charge is 0.305 e. The van der Waals surface area contributed by atoms with Crippen LogP contribution in [0.25, 0.3) is 0 Å². The molecule has 0 radical (unpaired) electrons. The van der Waals surface area contributed by atoms with Gasteiger partial charge in [0.2, 0.25) is 5.91 Å². The minimum Gasteiger partial charge on any atom is -0.305 e. The van der Waals surface area contributed by atoms with E-state index in [2.05, 4.69) is 35.4 Å². The van der Waals surface area contributed by atoms with E-state index in [-0.39, 0.29) is 5.91 Å². The van der Waals surface area contributed by atoms with Crippen LogP contribution in [0.5, 0.6) is 0 Å². The number of hydrogen-bond donors (Lipinski definition) is 2. The van der Waals surface area contributed by atoms with E-state index in [4.69, 9.17) is 5.84 Å². The Kier molecular flexibility index (Phi) is 5.73. The lowest BCUT2D eigenvalue weighted by Crippen LogP contribution is -2.44. The number of benzene rings is 1. The third-order valence-electron chi connectivity index (χ3n) is 4.27. The second-order valence-corrected chi connectivity index (χ2v) is 5.99. The quantitative estimate of drug-likeness (QED) is 0.477. The second kappa shape index (κ2) is 7.54. The summed E-state index contributed by atoms with van der Waals surface area (Å²) in [5, 5.41) is 0. The first-order valence-corrected chi connectivity index (χ1v) is 7.55. The number of piperidine rings is 1. The summed E-state index contributed by atoms with van der Waals surface area (Å²) >= 11 is 0. The molecule has 1 aliphatic heterocycles. The first kappa shape index (κ1) is 15.9. The van der Waals surface area contributed by atoms with Gasteiger partial charge in [-0.25, -0.2) is 5.84 Å². The normalized spacial score (nSPS) is 19.7. The maximum Gasteiger partial charge on any atom is 0.238 e. The summed E-state index contributed by atoms with van der Waals surface area (Å²) in [4.78, 5) is 16.3. The maximum atomic E-state index is 11.5. The van der Waals surface area contributed by atoms with Gasteiger partial charge in [0.15, 0.2) is 0 Å². The fraction of sp³-hybridized carbons (Fsp3) is 0.562. The molecule has 1 fully saturated rings. The number of hydrogen-bond acceptors (Lipinski definition) is 4. The highest BCUT2D eigenvalue weighted by Crippen LogP contribution is 2.18. The van der Waals surface area contributed by atoms with Gasteiger partial charge in [0.1, 0.15) is 0 Å². The zero-order valence-electron chi connectivity index (χ0n) is 13.0. The molecular weight excluding hydrogens is 264 g/mol. The van der Waals surface area contributed by atoms with Gasteiger partial charge >= 0.3 is 0 Å². The number of amides is 1. The molecular formula is C16H26N4O. The van der Waals surface area contributed by atoms with Crippen molar-refractivity contribution in [1.29, 1.82) is 0 Å². The number of hydrazine groups is 1. The zero-order valence-corrected chi connectivity index (χ0v) is 13.0. The predicted octanol–water partition coefficient (Wildman–Crippen LogP) is 0.745. The van der Waals surface area contributed by atoms with Gasteiger partial charge in [-0.2, -0.15) is 0 Å². The second-order valence-electron chi connectivity index (χ2n) is 5.99. The molecule has 21 heavy (non-hydrogen) atoms. The molecule has 1 aromatic rings. The van der Waals surface area contributed by atoms with Crippen molar-refractivity contribution in [3.8, 4) is 0 Å². The van der Waals surface area contributed by atoms with Gasteiger partial charge < -0.3 is 4.90 Å². The van der Waals surface area contributed by atoms with E-state index in [9.17, 15) is 4.79 Å². The predicted molar refractivity (Wildman–Crippen MR) is 84.5 cm³/mol. The number of likely N-dealkylation sites (tertiary alicyclic amines) is 1. The highest BCUT2D eigenvalue weighted by atomic mass is 16.2. The lowest BCUT2D eigenvalue weighted by molar-refractivity contribution is -0.120. The summed E-state index contributed by atoms with van der Waals surface area (Å²) in [7, 11) is 4.35. The zero-order chi connectivity index (χ0) is 15.2. The Morgan fingerprint density at radius 1 is 1.43 bits per heavy atom. The Hall–Kier alpha value is -1.43. The maximum absolute atomic E-state index is 11.5. The van der Waals surface area contributed by atoms with Gasteiger partial charge in [0.25, 0.3) is 0 Å². The summed E-state index contributed by atoms with van der Waals surface area (Å²) < 4.78 is 0. The van der Waals surface area contributed by atoms with Crippen LogP contribution in [0.4, 0.5) is 0 Å². The highest BCUT2D eigenvalue weighted by molar-refractivity contribution is 5.78. The summed E-state index contributed by atoms with van der Waals surface area (Å²) in [5.41, 5.74) is 4.46. The molecule has 0 aromatic heterocycles. The van der Waals surface area contributed by atoms with Crippen LogP contribution in [0.3, 0.4) is 0 Å². The molecule has 0 aliphatic carbocycles. The summed E-state index contributed by atoms with van der Waals surface area (Å²) in [6, 6.07) is 8.69. The molecule has 1 heterocycles. The molecule has 1 atom stereocenters. The molecule has 116 valence electrons. The Labute approximate surface area is 127 Å². The van der Waals surface area contributed by atoms with Crippen LogP contribution in [-0.2, 0) is 17.8 Å². The van der Waals surface area contributed by atoms with Crippen LogP contribution in [0.2, 0.25) is 0 Å². The molecule has 5 heteroatoms. The van der Waals surface area contributed by atoms with Crippen molar-refractivity contribution in [2.75, 3.05) is 27.2 Å². The number of carbonyl (C=O) groups is 1. The topological polar surface area (TPSA) is 61.6 Å². The van der Waals surface area contributed by atoms with Gasteiger partial charge in [0, 0.05) is 19.1 Å². The third-order valence-corrected chi connectivity index (χ3v) is 4.27. The van der Waals surface area contributed by atoms with Crippen molar-refractivity contribution in [2.45, 2.75) is 31.8 Å². The van der Waals surface area contributed by atoms with Crippen LogP contribution in [0.15, 0.2) is 24.3 Å². The van der Waals surface area contributed by atoms with Crippen molar-refractivity contribution < 1.29 is 4.79 Å². The van der Waals surface area contributed by atoms with Crippen molar-refractivity contribution >= 4 is 5.91 Å². The van der Waals surface area contributed by atoms with Gasteiger partial charge in [0.05, 0.1) is 6.42 Å². The van der Waals surface area contributed by atoms with E-state index in [1.807, 2.05) is 18.2 Å². The number of rotatable bonds is 5. The minimum atomic E-state index is -0.150. The number of nitrogens with zero attached hydrogens (tertiary/aromatic N) is 2. The van der Waals surface area contributed by atoms with Crippen LogP contribution < -0.4 is 11.3 Å². The molecule has 3 N–H and O–H groups in total. The molecule has 5 nitrogen and oxygen atoms in total. The molecule has 2 rings (SSSR count). The lowest BCUT2D eigenvalue weighted by Gasteiger charge is -2.36. The Morgan fingerprint density at radius 3 is 2.81 bits per heavy atom. The minimum absolute atomic E-state index is 0.150. The first-order valence-electron chi connectivity index (χ1n) is 7.55. The van der Waals surface area contributed by atoms with Crippen LogP contribution in [-0.4, -0.2) is 48.9 Å². The molecule has 1 saturated heterocycles. The first-order chi connectivity index (χ1) is 10.1. The summed E-state index contributed by atoms with van der Waals surface area (Å²) in [5.74, 6) is 5.04. The molecule has 0 saturated carbocycles. The standard InChI is InChI=1S/C16H26N4O/c1-19-9-5-8-15(12-19)20(2)11-14-7-4-3-6-13(14)10-16(21)18-17/h3-4,6-7,15H,5,8-12,17H2,1-2H3,(H,18,21). The number of nitrogens with two attached hydrogens (primary N) is 1. The Bertz CT molecular complexity index is 477. The van der Waals surface area contributed by atoms with E-state index in [1.54, 1.807) is 0 Å². The van der Waals surface area contributed by atoms with E-state index in [0.29, 0.717) is 12.5 Å². The Morgan fingerprint density at radius 2 is 2.14 bits per heavy atom. The molecule has 1 aromatic carbocycles. The van der Waals surface area contributed by atoms with Gasteiger partial charge in [-0.05, 0) is 44.6 Å². The van der Waals surface area contributed by atoms with E-state index in [0.717, 1.165) is 18.7 Å². The fourth-order valence-corrected chi connectivity index (χ4v) is 3.00. The van der Waals surface area contributed by atoms with E-state index in [1.165, 1.54) is 24.9 Å². The van der Waals surface area contributed by atoms with Crippen molar-refractivity contribution in [3.05, 3.63) is 35.4 Å². The lowest BCUT2D eigenvalue weighted by atomic mass is 10.0. The van der Waals surface area contributed by atoms with Crippen LogP contribution in [0.1, 0.15) is 24.0 Å². The average molecular weight is 290 g/mol. The number of carbonyl (C=O) groups excluding carboxylic acids is 1. The number of likely N-dealkylation sites (N-methyl/N-ethyl adjacent to an activating group) is 2. The Balaban J connectivity index is 2.02. The van der Waals surface area contributed by atoms with Crippen LogP contribution in [0, 0.1) is 0 Å². The van der Waals surface area contributed by atoms with Gasteiger partial charge in [-0.15, -0.1) is 0 Å². The van der Waals surface area contributed by atoms with E-state index < -0.39 is 0 Å². The monoisotopic (exact) mass is 290 g/mol. The van der Waals surface area contributed by atoms with E-state index >= 15 is 0 Å². The molecule has 0 bridgehead atoms. The smallest absolute Gasteiger partial charge is 0.238 e. The summed E-state index contributed by atoms with van der Waals surface area (Å²) in [6.45, 7) is 3.17. The highest BCUT2D eigenvalue weighted by Gasteiger charge is 2.21. The van der Waals surface area contributed by atoms with Crippen molar-refractivity contribution in [2.24, 2.45) is 5.84 Å². The fourth-order valence-electron chi connectivity index (χ4n) is 3.00. The molecule has 1 unspecified atom stereocenters. The summed E-state index contributed by atoms with van der Waals surface area (Å²) in [6.07, 6.45) is 2.83. The van der Waals surface area contributed by atoms with Crippen molar-refractivity contribution in [1.82, 2.24) is 15.2 Å². The van der Waals surface area contributed by atoms with Crippen molar-refractivity contribution in [3.63, 3.8) is 0 Å². The van der Waals surface area contributed by atoms with Crippen LogP contribution >= 0.6 is 0 Å². The molecule has 1 amide bonds. The molecule has 1 aliphatic rings. The average Bonchev–Trinajstić information content (AvgIpc) is 2.49. The third kappa shape index (κ3) is 4.52. The molecule has 0 spiro atoms. The number of nitrogens with one attached hydrogen (secondary N) is 1. The SMILES string of the molecule is CN1CCCC(N(C)Cc2ccccc2CC(=O)NN)C1. The van der Waals surface area contributed by atoms with Gasteiger partial charge in [-0.3, -0.25) is 15.1 Å². The van der Waals surface area contributed by atoms with Gasteiger partial charge in [-0.1, -0.05) is 24.3 Å².